The number of benzene rings is 3. The number of rotatable bonds is 19. The van der Waals surface area contributed by atoms with Crippen LogP contribution in [0.15, 0.2) is 72.8 Å². The van der Waals surface area contributed by atoms with Gasteiger partial charge in [0.05, 0.1) is 6.54 Å². The van der Waals surface area contributed by atoms with Gasteiger partial charge in [0.1, 0.15) is 6.04 Å². The van der Waals surface area contributed by atoms with Crippen molar-refractivity contribution < 1.29 is 33.8 Å². The van der Waals surface area contributed by atoms with Crippen LogP contribution in [0.4, 0.5) is 0 Å². The van der Waals surface area contributed by atoms with Crippen molar-refractivity contribution in [2.75, 3.05) is 13.0 Å². The zero-order chi connectivity index (χ0) is 37.5. The van der Waals surface area contributed by atoms with Crippen LogP contribution < -0.4 is 32.3 Å². The fourth-order valence-electron chi connectivity index (χ4n) is 6.72. The molecule has 0 radical (unpaired) electrons. The van der Waals surface area contributed by atoms with E-state index >= 15 is 0 Å². The van der Waals surface area contributed by atoms with Gasteiger partial charge >= 0.3 is 218 Å². The van der Waals surface area contributed by atoms with Crippen molar-refractivity contribution in [1.29, 1.82) is 0 Å². The van der Waals surface area contributed by atoms with Crippen molar-refractivity contribution in [2.45, 2.75) is 88.6 Å². The Balaban J connectivity index is 1.47. The maximum atomic E-state index is 14.0. The van der Waals surface area contributed by atoms with E-state index in [4.69, 9.17) is 5.73 Å². The van der Waals surface area contributed by atoms with Crippen molar-refractivity contribution in [1.82, 2.24) is 26.6 Å². The standard InChI is InChI=1S/C38H49BN6O7/c1-2-11-29(34(47)38(51)41-22-31(46)45-32(35(40)48)26-13-5-3-6-14-26)43-36(49)30(21-24-18-19-25-12-9-10-17-28(25)20-24)44-37(50)33(42-23-39-52)27-15-7-4-8-16-27/h3,5-6,9-10,12-14,17-20,27,29-30,32-34,42,47H,2,4,7-8,11,15-16,21-23H2,1H3,(H2,40,48)(H,41,51)(H,43,49)(H,44,50)(H,45,46)/t29?,30-,32-,33-,34?/m0/s1. The summed E-state index contributed by atoms with van der Waals surface area (Å²) in [5.41, 5.74) is 6.73. The Kier molecular flexibility index (Phi) is 15.5. The van der Waals surface area contributed by atoms with Gasteiger partial charge < -0.3 is 11.1 Å². The van der Waals surface area contributed by atoms with Crippen molar-refractivity contribution in [3.63, 3.8) is 0 Å². The zero-order valence-corrected chi connectivity index (χ0v) is 29.5. The van der Waals surface area contributed by atoms with Crippen molar-refractivity contribution in [3.05, 3.63) is 83.9 Å². The summed E-state index contributed by atoms with van der Waals surface area (Å²) in [6, 6.07) is 18.0. The number of primary amides is 1. The molecule has 5 atom stereocenters. The summed E-state index contributed by atoms with van der Waals surface area (Å²) in [5, 5.41) is 26.7. The van der Waals surface area contributed by atoms with Crippen LogP contribution in [-0.4, -0.2) is 79.0 Å². The molecular formula is C38H49BN6O7. The van der Waals surface area contributed by atoms with Crippen LogP contribution >= 0.6 is 0 Å². The number of carbonyl (C=O) groups excluding carboxylic acids is 5. The number of hydrogen-bond acceptors (Lipinski definition) is 8. The monoisotopic (exact) mass is 712 g/mol. The van der Waals surface area contributed by atoms with Gasteiger partial charge in [0.25, 0.3) is 0 Å². The number of amides is 5. The van der Waals surface area contributed by atoms with Crippen LogP contribution in [0.2, 0.25) is 0 Å². The molecule has 0 bridgehead atoms. The fraction of sp³-hybridized carbons (Fsp3) is 0.447. The van der Waals surface area contributed by atoms with Crippen LogP contribution in [-0.2, 0) is 35.1 Å². The molecule has 4 rings (SSSR count). The third-order valence-corrected chi connectivity index (χ3v) is 9.43. The minimum atomic E-state index is -1.74. The summed E-state index contributed by atoms with van der Waals surface area (Å²) in [7, 11) is 0.702. The predicted molar refractivity (Wildman–Crippen MR) is 197 cm³/mol. The number of fused-ring (bicyclic) bond motifs is 1. The molecule has 52 heavy (non-hydrogen) atoms. The van der Waals surface area contributed by atoms with Gasteiger partial charge in [-0.25, -0.2) is 0 Å². The third-order valence-electron chi connectivity index (χ3n) is 9.43. The quantitative estimate of drug-likeness (QED) is 0.0905. The number of aliphatic hydroxyl groups is 1. The Labute approximate surface area is 304 Å². The van der Waals surface area contributed by atoms with Crippen LogP contribution in [0, 0.1) is 5.92 Å². The van der Waals surface area contributed by atoms with Crippen LogP contribution in [0.25, 0.3) is 10.8 Å². The molecule has 1 aliphatic carbocycles. The van der Waals surface area contributed by atoms with Gasteiger partial charge in [-0.05, 0) is 5.56 Å². The van der Waals surface area contributed by atoms with E-state index in [-0.39, 0.29) is 25.2 Å². The molecule has 1 aliphatic rings. The van der Waals surface area contributed by atoms with Gasteiger partial charge in [0.15, 0.2) is 0 Å². The number of hydrogen-bond donors (Lipinski definition) is 7. The second-order valence-electron chi connectivity index (χ2n) is 13.3. The summed E-state index contributed by atoms with van der Waals surface area (Å²) in [6.07, 6.45) is 3.74. The summed E-state index contributed by atoms with van der Waals surface area (Å²) in [5.74, 6) is -3.41. The van der Waals surface area contributed by atoms with Crippen LogP contribution in [0.5, 0.6) is 0 Å². The summed E-state index contributed by atoms with van der Waals surface area (Å²) >= 11 is 0. The number of nitrogens with two attached hydrogens (primary N) is 1. The molecule has 0 aliphatic heterocycles. The summed E-state index contributed by atoms with van der Waals surface area (Å²) in [6.45, 7) is 1.27. The molecule has 8 N–H and O–H groups in total. The van der Waals surface area contributed by atoms with Gasteiger partial charge in [0, 0.05) is 0 Å². The molecule has 13 nitrogen and oxygen atoms in total. The fourth-order valence-corrected chi connectivity index (χ4v) is 6.72. The maximum absolute atomic E-state index is 14.0. The molecule has 276 valence electrons. The van der Waals surface area contributed by atoms with Gasteiger partial charge in [-0.15, -0.1) is 0 Å². The first-order chi connectivity index (χ1) is 25.1. The Morgan fingerprint density at radius 3 is 2.21 bits per heavy atom. The Bertz CT molecular complexity index is 1690. The first kappa shape index (κ1) is 39.8. The molecule has 0 saturated heterocycles. The molecule has 5 amide bonds. The molecule has 0 aromatic heterocycles. The van der Waals surface area contributed by atoms with E-state index < -0.39 is 66.4 Å². The van der Waals surface area contributed by atoms with Crippen LogP contribution in [0.3, 0.4) is 0 Å². The smallest absolute Gasteiger partial charge is 0.368 e. The molecule has 3 aromatic carbocycles. The van der Waals surface area contributed by atoms with E-state index in [0.717, 1.165) is 48.4 Å². The average Bonchev–Trinajstić information content (AvgIpc) is 3.16. The van der Waals surface area contributed by atoms with E-state index in [9.17, 15) is 33.8 Å². The van der Waals surface area contributed by atoms with Gasteiger partial charge in [0.2, 0.25) is 11.8 Å². The second kappa shape index (κ2) is 20.2. The van der Waals surface area contributed by atoms with Crippen LogP contribution in [0.1, 0.15) is 69.0 Å². The molecule has 0 heterocycles. The van der Waals surface area contributed by atoms with Crippen molar-refractivity contribution in [2.24, 2.45) is 11.7 Å². The minimum Gasteiger partial charge on any atom is -0.368 e. The van der Waals surface area contributed by atoms with Gasteiger partial charge in [-0.1, -0.05) is 36.4 Å². The van der Waals surface area contributed by atoms with E-state index in [0.29, 0.717) is 19.1 Å². The zero-order valence-electron chi connectivity index (χ0n) is 29.5. The number of aliphatic hydroxyl groups excluding tert-OH is 1. The topological polar surface area (TPSA) is 209 Å². The predicted octanol–water partition coefficient (Wildman–Crippen LogP) is 1.52. The molecule has 1 saturated carbocycles. The van der Waals surface area contributed by atoms with E-state index in [2.05, 4.69) is 26.6 Å². The normalized spacial score (nSPS) is 16.0. The molecule has 0 spiro atoms. The summed E-state index contributed by atoms with van der Waals surface area (Å²) in [4.78, 5) is 65.6. The van der Waals surface area contributed by atoms with Crippen molar-refractivity contribution in [3.8, 4) is 0 Å². The first-order valence-corrected chi connectivity index (χ1v) is 18.0. The third kappa shape index (κ3) is 11.5. The number of nitrogens with one attached hydrogen (secondary N) is 5. The Morgan fingerprint density at radius 2 is 1.54 bits per heavy atom. The Hall–Kier alpha value is -4.95. The van der Waals surface area contributed by atoms with Crippen molar-refractivity contribution >= 4 is 47.5 Å². The molecule has 1 fully saturated rings. The van der Waals surface area contributed by atoms with Gasteiger partial charge in [-0.3, -0.25) is 9.59 Å². The average molecular weight is 713 g/mol. The number of carbonyl (C=O) groups is 5. The summed E-state index contributed by atoms with van der Waals surface area (Å²) < 4.78 is 11.3. The van der Waals surface area contributed by atoms with E-state index in [1.54, 1.807) is 30.3 Å². The SMILES string of the molecule is CCCC(NC(=O)[C@H](Cc1ccc2ccccc2c1)NC(=O)[C@@H](NCB=O)C1CCCCC1)C(O)C(=O)NCC(=O)N[C@H](C(N)=O)c1ccccc1. The molecule has 14 heteroatoms. The second-order valence-corrected chi connectivity index (χ2v) is 13.3. The van der Waals surface area contributed by atoms with E-state index in [1.807, 2.05) is 49.4 Å². The molecule has 2 unspecified atom stereocenters. The van der Waals surface area contributed by atoms with Gasteiger partial charge in [-0.2, -0.15) is 0 Å². The van der Waals surface area contributed by atoms with E-state index in [1.165, 1.54) is 0 Å². The first-order valence-electron chi connectivity index (χ1n) is 18.0. The minimum absolute atomic E-state index is 0.000386. The molecular weight excluding hydrogens is 663 g/mol. The Morgan fingerprint density at radius 1 is 0.846 bits per heavy atom. The molecule has 3 aromatic rings.